The summed E-state index contributed by atoms with van der Waals surface area (Å²) in [6.45, 7) is 4.74. The van der Waals surface area contributed by atoms with Gasteiger partial charge in [0.25, 0.3) is 0 Å². The molecule has 0 spiro atoms. The molecule has 11 aromatic rings. The predicted octanol–water partition coefficient (Wildman–Crippen LogP) is 14.4. The molecular weight excluding hydrogens is 812 g/mol. The van der Waals surface area contributed by atoms with Crippen LogP contribution in [0.25, 0.3) is 64.6 Å². The zero-order valence-electron chi connectivity index (χ0n) is 38.1. The summed E-state index contributed by atoms with van der Waals surface area (Å²) in [4.78, 5) is 10.8. The van der Waals surface area contributed by atoms with Crippen LogP contribution in [0.4, 0.5) is 34.1 Å². The van der Waals surface area contributed by atoms with E-state index >= 15 is 0 Å². The fourth-order valence-corrected chi connectivity index (χ4v) is 14.0. The molecule has 4 aliphatic heterocycles. The van der Waals surface area contributed by atoms with Crippen LogP contribution in [0.3, 0.4) is 0 Å². The Morgan fingerprint density at radius 3 is 1.03 bits per heavy atom. The molecule has 0 saturated heterocycles. The largest absolute Gasteiger partial charge is 0.354 e. The van der Waals surface area contributed by atoms with Crippen LogP contribution in [0.1, 0.15) is 33.9 Å². The van der Waals surface area contributed by atoms with Gasteiger partial charge in [-0.15, -0.1) is 0 Å². The van der Waals surface area contributed by atoms with Gasteiger partial charge in [0.05, 0.1) is 11.4 Å². The number of aryl methyl sites for hydroxylation is 2. The number of likely N-dealkylation sites (N-methyl/N-ethyl adjacent to an activating group) is 2. The zero-order valence-corrected chi connectivity index (χ0v) is 38.1. The molecule has 4 nitrogen and oxygen atoms in total. The number of nitrogens with zero attached hydrogens (tertiary/aromatic N) is 4. The number of anilines is 6. The molecule has 4 unspecified atom stereocenters. The monoisotopic (exact) mass is 858 g/mol. The molecule has 15 rings (SSSR count). The van der Waals surface area contributed by atoms with E-state index in [0.29, 0.717) is 0 Å². The summed E-state index contributed by atoms with van der Waals surface area (Å²) >= 11 is 0. The minimum atomic E-state index is 0.0274. The van der Waals surface area contributed by atoms with E-state index in [1.54, 1.807) is 0 Å². The second-order valence-electron chi connectivity index (χ2n) is 19.8. The van der Waals surface area contributed by atoms with Crippen LogP contribution in [-0.4, -0.2) is 33.1 Å². The highest BCUT2D eigenvalue weighted by Crippen LogP contribution is 2.60. The first kappa shape index (κ1) is 37.5. The normalized spacial score (nSPS) is 19.2. The Labute approximate surface area is 391 Å². The van der Waals surface area contributed by atoms with Crippen molar-refractivity contribution in [2.45, 2.75) is 37.8 Å². The van der Waals surface area contributed by atoms with E-state index in [2.05, 4.69) is 236 Å². The van der Waals surface area contributed by atoms with Gasteiger partial charge < -0.3 is 19.6 Å². The third-order valence-electron chi connectivity index (χ3n) is 16.5. The number of hydrogen-bond donors (Lipinski definition) is 0. The lowest BCUT2D eigenvalue weighted by Gasteiger charge is -2.54. The second kappa shape index (κ2) is 13.4. The molecule has 4 heterocycles. The minimum Gasteiger partial charge on any atom is -0.354 e. The van der Waals surface area contributed by atoms with Crippen molar-refractivity contribution in [1.82, 2.24) is 0 Å². The summed E-state index contributed by atoms with van der Waals surface area (Å²) < 4.78 is 0. The SMILES string of the molecule is Cc1ccc2c(c1)C1B3c4c(cccc4N(c4cccc5c6ccccc6c6ccccc6c45)C4C3c3cc(C)ccc3N4C)N(c3cccc4c5ccccc5c5ccccc5c34)C1N2C. The van der Waals surface area contributed by atoms with Crippen LogP contribution in [0, 0.1) is 13.8 Å². The summed E-state index contributed by atoms with van der Waals surface area (Å²) in [5.41, 5.74) is 14.8. The molecular formula is C62H47BN4. The van der Waals surface area contributed by atoms with Gasteiger partial charge in [-0.1, -0.05) is 163 Å². The second-order valence-corrected chi connectivity index (χ2v) is 19.8. The van der Waals surface area contributed by atoms with Crippen LogP contribution < -0.4 is 25.1 Å². The summed E-state index contributed by atoms with van der Waals surface area (Å²) in [5.74, 6) is 0.338. The molecule has 0 saturated carbocycles. The standard InChI is InChI=1S/C62H47BN4/c1-36-30-32-50-48(34-36)58-61(64(50)3)66(52-26-13-24-46-42-18-7-5-16-38(42)40-20-9-11-22-44(40)56(46)52)54-28-15-29-55-60(54)63(58)59-49-35-37(2)31-33-51(49)65(4)62(59)67(55)53-27-14-25-47-43-19-8-6-17-39(43)41-21-10-12-23-45(41)57(47)53/h5-35,58-59,61-62H,1-4H3. The highest BCUT2D eigenvalue weighted by molar-refractivity contribution is 6.81. The van der Waals surface area contributed by atoms with Crippen LogP contribution in [0.15, 0.2) is 188 Å². The van der Waals surface area contributed by atoms with Crippen molar-refractivity contribution in [2.24, 2.45) is 0 Å². The van der Waals surface area contributed by atoms with Crippen molar-refractivity contribution in [1.29, 1.82) is 0 Å². The maximum Gasteiger partial charge on any atom is 0.206 e. The maximum absolute atomic E-state index is 2.78. The van der Waals surface area contributed by atoms with Gasteiger partial charge in [0, 0.05) is 59.3 Å². The average Bonchev–Trinajstić information content (AvgIpc) is 3.82. The number of benzene rings is 11. The zero-order chi connectivity index (χ0) is 44.4. The van der Waals surface area contributed by atoms with E-state index < -0.39 is 0 Å². The van der Waals surface area contributed by atoms with Gasteiger partial charge in [-0.25, -0.2) is 0 Å². The molecule has 4 atom stereocenters. The molecule has 0 bridgehead atoms. The third kappa shape index (κ3) is 4.78. The van der Waals surface area contributed by atoms with Crippen LogP contribution in [-0.2, 0) is 0 Å². The molecule has 0 radical (unpaired) electrons. The van der Waals surface area contributed by atoms with Gasteiger partial charge in [0.2, 0.25) is 6.71 Å². The van der Waals surface area contributed by atoms with Crippen molar-refractivity contribution in [3.8, 4) is 0 Å². The lowest BCUT2D eigenvalue weighted by atomic mass is 9.25. The number of hydrogen-bond acceptors (Lipinski definition) is 4. The Kier molecular flexibility index (Phi) is 7.51. The Bertz CT molecular complexity index is 3630. The van der Waals surface area contributed by atoms with Gasteiger partial charge >= 0.3 is 0 Å². The molecule has 5 heteroatoms. The van der Waals surface area contributed by atoms with Gasteiger partial charge in [-0.3, -0.25) is 0 Å². The van der Waals surface area contributed by atoms with Gasteiger partial charge in [0.1, 0.15) is 12.3 Å². The number of fused-ring (bicyclic) bond motifs is 20. The predicted molar refractivity (Wildman–Crippen MR) is 286 cm³/mol. The topological polar surface area (TPSA) is 13.0 Å². The van der Waals surface area contributed by atoms with Crippen molar-refractivity contribution in [3.05, 3.63) is 210 Å². The Hall–Kier alpha value is -7.76. The average molecular weight is 859 g/mol. The quantitative estimate of drug-likeness (QED) is 0.127. The first-order valence-corrected chi connectivity index (χ1v) is 24.0. The first-order valence-electron chi connectivity index (χ1n) is 24.0. The lowest BCUT2D eigenvalue weighted by molar-refractivity contribution is 0.596. The summed E-state index contributed by atoms with van der Waals surface area (Å²) in [6, 6.07) is 72.0. The molecule has 0 aliphatic carbocycles. The molecule has 0 aromatic heterocycles. The molecule has 4 aliphatic rings. The molecule has 0 amide bonds. The van der Waals surface area contributed by atoms with E-state index in [1.165, 1.54) is 126 Å². The van der Waals surface area contributed by atoms with E-state index in [4.69, 9.17) is 0 Å². The van der Waals surface area contributed by atoms with Crippen molar-refractivity contribution >= 4 is 111 Å². The van der Waals surface area contributed by atoms with Crippen molar-refractivity contribution in [3.63, 3.8) is 0 Å². The molecule has 67 heavy (non-hydrogen) atoms. The van der Waals surface area contributed by atoms with Gasteiger partial charge in [-0.05, 0) is 121 Å². The van der Waals surface area contributed by atoms with Crippen LogP contribution in [0.5, 0.6) is 0 Å². The summed E-state index contributed by atoms with van der Waals surface area (Å²) in [7, 11) is 4.71. The van der Waals surface area contributed by atoms with Gasteiger partial charge in [0.15, 0.2) is 0 Å². The summed E-state index contributed by atoms with van der Waals surface area (Å²) in [6.07, 6.45) is 0.0548. The Morgan fingerprint density at radius 2 is 0.642 bits per heavy atom. The molecule has 318 valence electrons. The maximum atomic E-state index is 2.78. The highest BCUT2D eigenvalue weighted by Gasteiger charge is 2.61. The molecule has 0 N–H and O–H groups in total. The van der Waals surface area contributed by atoms with Crippen LogP contribution >= 0.6 is 0 Å². The van der Waals surface area contributed by atoms with E-state index in [0.717, 1.165) is 0 Å². The Balaban J connectivity index is 1.10. The Morgan fingerprint density at radius 1 is 0.328 bits per heavy atom. The first-order chi connectivity index (χ1) is 33.0. The van der Waals surface area contributed by atoms with E-state index in [1.807, 2.05) is 0 Å². The fraction of sp³-hybridized carbons (Fsp3) is 0.129. The van der Waals surface area contributed by atoms with E-state index in [-0.39, 0.29) is 30.7 Å². The lowest BCUT2D eigenvalue weighted by Crippen LogP contribution is -2.66. The van der Waals surface area contributed by atoms with Crippen LogP contribution in [0.2, 0.25) is 0 Å². The molecule has 0 fully saturated rings. The summed E-state index contributed by atoms with van der Waals surface area (Å²) in [5, 5.41) is 15.6. The van der Waals surface area contributed by atoms with Crippen molar-refractivity contribution in [2.75, 3.05) is 33.7 Å². The van der Waals surface area contributed by atoms with E-state index in [9.17, 15) is 0 Å². The highest BCUT2D eigenvalue weighted by atomic mass is 15.4. The minimum absolute atomic E-state index is 0.0274. The van der Waals surface area contributed by atoms with Gasteiger partial charge in [-0.2, -0.15) is 0 Å². The fourth-order valence-electron chi connectivity index (χ4n) is 14.0. The van der Waals surface area contributed by atoms with Crippen molar-refractivity contribution < 1.29 is 0 Å². The smallest absolute Gasteiger partial charge is 0.206 e. The molecule has 11 aromatic carbocycles. The number of rotatable bonds is 2. The third-order valence-corrected chi connectivity index (χ3v) is 16.5.